The van der Waals surface area contributed by atoms with Crippen molar-refractivity contribution >= 4 is 15.9 Å². The van der Waals surface area contributed by atoms with Crippen LogP contribution in [0.25, 0.3) is 0 Å². The maximum absolute atomic E-state index is 3.58. The van der Waals surface area contributed by atoms with Gasteiger partial charge >= 0.3 is 0 Å². The highest BCUT2D eigenvalue weighted by Gasteiger charge is 2.11. The smallest absolute Gasteiger partial charge is 0.0207 e. The maximum Gasteiger partial charge on any atom is 0.0207 e. The third-order valence-electron chi connectivity index (χ3n) is 2.81. The molecule has 2 atom stereocenters. The van der Waals surface area contributed by atoms with E-state index in [1.165, 1.54) is 10.0 Å². The van der Waals surface area contributed by atoms with Gasteiger partial charge in [0.15, 0.2) is 0 Å². The summed E-state index contributed by atoms with van der Waals surface area (Å²) < 4.78 is 1.22. The summed E-state index contributed by atoms with van der Waals surface area (Å²) >= 11 is 3.58. The fraction of sp³-hybridized carbons (Fsp3) is 0.500. The molecule has 0 saturated carbocycles. The lowest BCUT2D eigenvalue weighted by Crippen LogP contribution is -2.29. The second-order valence-electron chi connectivity index (χ2n) is 3.85. The molecule has 2 unspecified atom stereocenters. The molecule has 14 heavy (non-hydrogen) atoms. The van der Waals surface area contributed by atoms with E-state index in [9.17, 15) is 0 Å². The average molecular weight is 256 g/mol. The average Bonchev–Trinajstić information content (AvgIpc) is 2.20. The first-order valence-electron chi connectivity index (χ1n) is 5.05. The van der Waals surface area contributed by atoms with Gasteiger partial charge in [-0.3, -0.25) is 0 Å². The van der Waals surface area contributed by atoms with Crippen molar-refractivity contribution in [2.24, 2.45) is 5.92 Å². The number of rotatable bonds is 4. The molecule has 0 bridgehead atoms. The topological polar surface area (TPSA) is 12.0 Å². The van der Waals surface area contributed by atoms with Crippen LogP contribution in [0, 0.1) is 5.92 Å². The lowest BCUT2D eigenvalue weighted by atomic mass is 9.95. The number of halogens is 1. The Labute approximate surface area is 95.0 Å². The van der Waals surface area contributed by atoms with Crippen LogP contribution < -0.4 is 5.32 Å². The van der Waals surface area contributed by atoms with Crippen LogP contribution in [0.5, 0.6) is 0 Å². The molecule has 0 radical (unpaired) electrons. The summed E-state index contributed by atoms with van der Waals surface area (Å²) in [4.78, 5) is 0. The van der Waals surface area contributed by atoms with E-state index in [2.05, 4.69) is 59.4 Å². The van der Waals surface area contributed by atoms with E-state index in [-0.39, 0.29) is 0 Å². The van der Waals surface area contributed by atoms with Gasteiger partial charge in [0.2, 0.25) is 0 Å². The summed E-state index contributed by atoms with van der Waals surface area (Å²) in [5.74, 6) is 0.652. The fourth-order valence-electron chi connectivity index (χ4n) is 1.47. The van der Waals surface area contributed by atoms with Gasteiger partial charge < -0.3 is 5.32 Å². The van der Waals surface area contributed by atoms with E-state index in [1.54, 1.807) is 0 Å². The van der Waals surface area contributed by atoms with Crippen molar-refractivity contribution in [2.75, 3.05) is 7.05 Å². The van der Waals surface area contributed by atoms with Gasteiger partial charge in [0, 0.05) is 10.5 Å². The molecule has 1 rings (SSSR count). The van der Waals surface area contributed by atoms with Crippen molar-refractivity contribution in [3.8, 4) is 0 Å². The molecule has 0 saturated heterocycles. The van der Waals surface area contributed by atoms with Crippen molar-refractivity contribution in [1.29, 1.82) is 0 Å². The Balaban J connectivity index is 2.64. The fourth-order valence-corrected chi connectivity index (χ4v) is 1.92. The molecular weight excluding hydrogens is 238 g/mol. The van der Waals surface area contributed by atoms with E-state index >= 15 is 0 Å². The molecule has 1 aromatic rings. The lowest BCUT2D eigenvalue weighted by Gasteiger charge is -2.19. The Morgan fingerprint density at radius 3 is 2.50 bits per heavy atom. The van der Waals surface area contributed by atoms with Crippen molar-refractivity contribution in [2.45, 2.75) is 26.3 Å². The number of hydrogen-bond acceptors (Lipinski definition) is 1. The van der Waals surface area contributed by atoms with Gasteiger partial charge in [-0.1, -0.05) is 41.1 Å². The lowest BCUT2D eigenvalue weighted by molar-refractivity contribution is 0.423. The van der Waals surface area contributed by atoms with E-state index in [0.29, 0.717) is 12.0 Å². The zero-order valence-electron chi connectivity index (χ0n) is 9.05. The predicted octanol–water partition coefficient (Wildman–Crippen LogP) is 3.24. The number of benzene rings is 1. The van der Waals surface area contributed by atoms with Crippen LogP contribution in [0.2, 0.25) is 0 Å². The highest BCUT2D eigenvalue weighted by Crippen LogP contribution is 2.20. The van der Waals surface area contributed by atoms with Crippen LogP contribution in [0.3, 0.4) is 0 Å². The second-order valence-corrected chi connectivity index (χ2v) is 4.70. The first-order valence-corrected chi connectivity index (χ1v) is 5.85. The Kier molecular flexibility index (Phi) is 4.63. The summed E-state index contributed by atoms with van der Waals surface area (Å²) in [6.07, 6.45) is 1.11. The first kappa shape index (κ1) is 11.7. The zero-order valence-corrected chi connectivity index (χ0v) is 10.6. The molecule has 1 aromatic carbocycles. The monoisotopic (exact) mass is 255 g/mol. The Morgan fingerprint density at radius 2 is 1.93 bits per heavy atom. The summed E-state index contributed by atoms with van der Waals surface area (Å²) in [6.45, 7) is 4.50. The van der Waals surface area contributed by atoms with E-state index in [1.807, 2.05) is 7.05 Å². The highest BCUT2D eigenvalue weighted by atomic mass is 79.9. The molecule has 0 heterocycles. The number of nitrogens with one attached hydrogen (secondary N) is 1. The van der Waals surface area contributed by atoms with Gasteiger partial charge in [-0.15, -0.1) is 0 Å². The van der Waals surface area contributed by atoms with Crippen molar-refractivity contribution in [3.05, 3.63) is 34.3 Å². The molecule has 0 aliphatic carbocycles. The molecule has 0 fully saturated rings. The van der Waals surface area contributed by atoms with E-state index in [4.69, 9.17) is 0 Å². The van der Waals surface area contributed by atoms with Crippen molar-refractivity contribution in [1.82, 2.24) is 5.32 Å². The molecule has 0 spiro atoms. The van der Waals surface area contributed by atoms with E-state index < -0.39 is 0 Å². The molecule has 1 N–H and O–H groups in total. The highest BCUT2D eigenvalue weighted by molar-refractivity contribution is 9.10. The molecule has 0 aromatic heterocycles. The molecule has 0 aliphatic heterocycles. The van der Waals surface area contributed by atoms with Gasteiger partial charge in [0.1, 0.15) is 0 Å². The normalized spacial score (nSPS) is 15.1. The minimum absolute atomic E-state index is 0.558. The SMILES string of the molecule is CNC(C)C(C)Cc1ccccc1Br. The van der Waals surface area contributed by atoms with Crippen LogP contribution in [0.4, 0.5) is 0 Å². The van der Waals surface area contributed by atoms with E-state index in [0.717, 1.165) is 6.42 Å². The Bertz CT molecular complexity index is 285. The molecule has 1 nitrogen and oxygen atoms in total. The molecule has 0 amide bonds. The van der Waals surface area contributed by atoms with Crippen molar-refractivity contribution < 1.29 is 0 Å². The van der Waals surface area contributed by atoms with Crippen LogP contribution in [0.1, 0.15) is 19.4 Å². The third-order valence-corrected chi connectivity index (χ3v) is 3.58. The molecular formula is C12H18BrN. The molecule has 0 aliphatic rings. The van der Waals surface area contributed by atoms with Crippen LogP contribution in [-0.2, 0) is 6.42 Å². The van der Waals surface area contributed by atoms with Crippen LogP contribution in [-0.4, -0.2) is 13.1 Å². The van der Waals surface area contributed by atoms with Crippen molar-refractivity contribution in [3.63, 3.8) is 0 Å². The van der Waals surface area contributed by atoms with Gasteiger partial charge in [-0.25, -0.2) is 0 Å². The summed E-state index contributed by atoms with van der Waals surface area (Å²) in [6, 6.07) is 8.99. The summed E-state index contributed by atoms with van der Waals surface area (Å²) in [5.41, 5.74) is 1.39. The van der Waals surface area contributed by atoms with Crippen LogP contribution >= 0.6 is 15.9 Å². The van der Waals surface area contributed by atoms with Crippen LogP contribution in [0.15, 0.2) is 28.7 Å². The number of hydrogen-bond donors (Lipinski definition) is 1. The quantitative estimate of drug-likeness (QED) is 0.872. The maximum atomic E-state index is 3.58. The first-order chi connectivity index (χ1) is 6.65. The Morgan fingerprint density at radius 1 is 1.29 bits per heavy atom. The summed E-state index contributed by atoms with van der Waals surface area (Å²) in [5, 5.41) is 3.29. The largest absolute Gasteiger partial charge is 0.317 e. The summed E-state index contributed by atoms with van der Waals surface area (Å²) in [7, 11) is 2.02. The standard InChI is InChI=1S/C12H18BrN/c1-9(10(2)14-3)8-11-6-4-5-7-12(11)13/h4-7,9-10,14H,8H2,1-3H3. The third kappa shape index (κ3) is 3.10. The minimum Gasteiger partial charge on any atom is -0.317 e. The van der Waals surface area contributed by atoms with Gasteiger partial charge in [-0.2, -0.15) is 0 Å². The zero-order chi connectivity index (χ0) is 10.6. The molecule has 78 valence electrons. The Hall–Kier alpha value is -0.340. The predicted molar refractivity (Wildman–Crippen MR) is 65.5 cm³/mol. The van der Waals surface area contributed by atoms with Gasteiger partial charge in [0.05, 0.1) is 0 Å². The molecule has 2 heteroatoms. The van der Waals surface area contributed by atoms with Gasteiger partial charge in [0.25, 0.3) is 0 Å². The minimum atomic E-state index is 0.558. The second kappa shape index (κ2) is 5.52. The van der Waals surface area contributed by atoms with Gasteiger partial charge in [-0.05, 0) is 37.9 Å².